The second kappa shape index (κ2) is 3.12. The Bertz CT molecular complexity index is 907. The lowest BCUT2D eigenvalue weighted by Crippen LogP contribution is -2.37. The van der Waals surface area contributed by atoms with Gasteiger partial charge < -0.3 is 4.42 Å². The van der Waals surface area contributed by atoms with E-state index in [4.69, 9.17) is 4.42 Å². The summed E-state index contributed by atoms with van der Waals surface area (Å²) < 4.78 is 9.52. The Labute approximate surface area is 101 Å². The summed E-state index contributed by atoms with van der Waals surface area (Å²) in [5.74, 6) is 1.04. The third kappa shape index (κ3) is 1.06. The standard InChI is InChI=1S/C11H12N4O3/c1-5-6(2)18-10-12-8-7(15(5)10)9(16)14(4)11(17)13(8)3/h1-4H3. The van der Waals surface area contributed by atoms with Crippen molar-refractivity contribution in [2.24, 2.45) is 14.1 Å². The van der Waals surface area contributed by atoms with E-state index in [0.29, 0.717) is 22.8 Å². The van der Waals surface area contributed by atoms with Gasteiger partial charge in [-0.3, -0.25) is 18.3 Å². The van der Waals surface area contributed by atoms with E-state index in [1.165, 1.54) is 11.6 Å². The van der Waals surface area contributed by atoms with Crippen molar-refractivity contribution in [1.29, 1.82) is 0 Å². The smallest absolute Gasteiger partial charge is 0.332 e. The lowest BCUT2D eigenvalue weighted by Gasteiger charge is -2.02. The maximum absolute atomic E-state index is 12.2. The minimum atomic E-state index is -0.400. The summed E-state index contributed by atoms with van der Waals surface area (Å²) in [6.45, 7) is 3.65. The van der Waals surface area contributed by atoms with Crippen molar-refractivity contribution in [2.75, 3.05) is 0 Å². The molecule has 0 unspecified atom stereocenters. The highest BCUT2D eigenvalue weighted by Crippen LogP contribution is 2.19. The normalized spacial score (nSPS) is 11.8. The van der Waals surface area contributed by atoms with E-state index < -0.39 is 5.69 Å². The van der Waals surface area contributed by atoms with Crippen LogP contribution in [0.25, 0.3) is 17.0 Å². The van der Waals surface area contributed by atoms with Crippen molar-refractivity contribution >= 4 is 17.0 Å². The molecule has 18 heavy (non-hydrogen) atoms. The lowest BCUT2D eigenvalue weighted by molar-refractivity contribution is 0.561. The molecule has 0 spiro atoms. The lowest BCUT2D eigenvalue weighted by atomic mass is 10.4. The highest BCUT2D eigenvalue weighted by atomic mass is 16.4. The summed E-state index contributed by atoms with van der Waals surface area (Å²) >= 11 is 0. The molecule has 0 saturated carbocycles. The Morgan fingerprint density at radius 1 is 1.11 bits per heavy atom. The maximum atomic E-state index is 12.2. The average Bonchev–Trinajstić information content (AvgIpc) is 2.83. The number of imidazole rings is 1. The van der Waals surface area contributed by atoms with E-state index >= 15 is 0 Å². The van der Waals surface area contributed by atoms with Gasteiger partial charge in [-0.15, -0.1) is 0 Å². The van der Waals surface area contributed by atoms with Crippen LogP contribution in [-0.4, -0.2) is 18.5 Å². The Morgan fingerprint density at radius 2 is 1.78 bits per heavy atom. The van der Waals surface area contributed by atoms with Gasteiger partial charge in [0.05, 0.1) is 5.69 Å². The molecular formula is C11H12N4O3. The van der Waals surface area contributed by atoms with Crippen molar-refractivity contribution in [2.45, 2.75) is 13.8 Å². The van der Waals surface area contributed by atoms with Gasteiger partial charge >= 0.3 is 11.5 Å². The molecule has 3 heterocycles. The molecule has 0 aliphatic rings. The molecule has 0 aromatic carbocycles. The zero-order valence-electron chi connectivity index (χ0n) is 10.5. The van der Waals surface area contributed by atoms with Crippen LogP contribution in [0.5, 0.6) is 0 Å². The topological polar surface area (TPSA) is 74.4 Å². The van der Waals surface area contributed by atoms with Crippen LogP contribution in [0.2, 0.25) is 0 Å². The molecule has 0 aliphatic heterocycles. The third-order valence-corrected chi connectivity index (χ3v) is 3.32. The second-order valence-corrected chi connectivity index (χ2v) is 4.35. The predicted molar refractivity (Wildman–Crippen MR) is 64.9 cm³/mol. The van der Waals surface area contributed by atoms with E-state index in [2.05, 4.69) is 4.98 Å². The van der Waals surface area contributed by atoms with Gasteiger partial charge in [-0.1, -0.05) is 0 Å². The molecule has 7 nitrogen and oxygen atoms in total. The number of fused-ring (bicyclic) bond motifs is 3. The highest BCUT2D eigenvalue weighted by Gasteiger charge is 2.19. The van der Waals surface area contributed by atoms with Crippen molar-refractivity contribution in [3.63, 3.8) is 0 Å². The molecule has 94 valence electrons. The number of nitrogens with zero attached hydrogens (tertiary/aromatic N) is 4. The molecule has 0 radical (unpaired) electrons. The summed E-state index contributed by atoms with van der Waals surface area (Å²) in [7, 11) is 3.03. The minimum absolute atomic E-state index is 0.332. The molecule has 3 rings (SSSR count). The molecule has 0 amide bonds. The van der Waals surface area contributed by atoms with Crippen LogP contribution in [0.1, 0.15) is 11.5 Å². The fourth-order valence-electron chi connectivity index (χ4n) is 2.12. The minimum Gasteiger partial charge on any atom is -0.428 e. The maximum Gasteiger partial charge on any atom is 0.332 e. The largest absolute Gasteiger partial charge is 0.428 e. The first-order valence-electron chi connectivity index (χ1n) is 5.47. The van der Waals surface area contributed by atoms with E-state index in [0.717, 1.165) is 10.3 Å². The van der Waals surface area contributed by atoms with Gasteiger partial charge in [-0.25, -0.2) is 4.79 Å². The number of hydrogen-bond acceptors (Lipinski definition) is 4. The summed E-state index contributed by atoms with van der Waals surface area (Å²) in [6, 6.07) is 0. The molecule has 0 N–H and O–H groups in total. The van der Waals surface area contributed by atoms with E-state index in [1.54, 1.807) is 11.4 Å². The first kappa shape index (κ1) is 10.8. The molecule has 0 atom stereocenters. The van der Waals surface area contributed by atoms with Crippen LogP contribution < -0.4 is 11.2 Å². The van der Waals surface area contributed by atoms with Gasteiger partial charge in [0.2, 0.25) is 0 Å². The Hall–Kier alpha value is -2.31. The molecule has 3 aromatic heterocycles. The molecule has 0 aliphatic carbocycles. The first-order chi connectivity index (χ1) is 8.43. The van der Waals surface area contributed by atoms with Crippen LogP contribution >= 0.6 is 0 Å². The molecular weight excluding hydrogens is 236 g/mol. The molecule has 3 aromatic rings. The second-order valence-electron chi connectivity index (χ2n) is 4.35. The van der Waals surface area contributed by atoms with Crippen LogP contribution in [-0.2, 0) is 14.1 Å². The molecule has 0 fully saturated rings. The van der Waals surface area contributed by atoms with Crippen molar-refractivity contribution in [1.82, 2.24) is 18.5 Å². The number of hydrogen-bond donors (Lipinski definition) is 0. The van der Waals surface area contributed by atoms with Crippen LogP contribution in [0.15, 0.2) is 14.0 Å². The zero-order chi connectivity index (χ0) is 13.2. The van der Waals surface area contributed by atoms with Crippen LogP contribution in [0, 0.1) is 13.8 Å². The Morgan fingerprint density at radius 3 is 2.44 bits per heavy atom. The van der Waals surface area contributed by atoms with Gasteiger partial charge in [0.25, 0.3) is 5.56 Å². The van der Waals surface area contributed by atoms with Gasteiger partial charge in [-0.05, 0) is 13.8 Å². The number of aromatic nitrogens is 4. The monoisotopic (exact) mass is 248 g/mol. The number of aryl methyl sites for hydroxylation is 3. The number of oxazole rings is 1. The average molecular weight is 248 g/mol. The van der Waals surface area contributed by atoms with E-state index in [1.807, 2.05) is 13.8 Å². The quantitative estimate of drug-likeness (QED) is 0.565. The molecule has 0 saturated heterocycles. The predicted octanol–water partition coefficient (Wildman–Crippen LogP) is 0.0947. The fourth-order valence-corrected chi connectivity index (χ4v) is 2.12. The number of rotatable bonds is 0. The SMILES string of the molecule is Cc1oc2nc3c(c(=O)n(C)c(=O)n3C)n2c1C. The summed E-state index contributed by atoms with van der Waals surface area (Å²) in [5.41, 5.74) is 0.740. The zero-order valence-corrected chi connectivity index (χ0v) is 10.5. The summed E-state index contributed by atoms with van der Waals surface area (Å²) in [6.07, 6.45) is 0. The highest BCUT2D eigenvalue weighted by molar-refractivity contribution is 5.75. The molecule has 7 heteroatoms. The van der Waals surface area contributed by atoms with Gasteiger partial charge in [-0.2, -0.15) is 4.98 Å². The van der Waals surface area contributed by atoms with Crippen molar-refractivity contribution < 1.29 is 4.42 Å². The Kier molecular flexibility index (Phi) is 1.88. The first-order valence-corrected chi connectivity index (χ1v) is 5.47. The van der Waals surface area contributed by atoms with Gasteiger partial charge in [0, 0.05) is 14.1 Å². The van der Waals surface area contributed by atoms with Crippen LogP contribution in [0.4, 0.5) is 0 Å². The molecule has 0 bridgehead atoms. The van der Waals surface area contributed by atoms with Gasteiger partial charge in [0.15, 0.2) is 11.2 Å². The van der Waals surface area contributed by atoms with Crippen molar-refractivity contribution in [3.8, 4) is 0 Å². The summed E-state index contributed by atoms with van der Waals surface area (Å²) in [4.78, 5) is 28.2. The van der Waals surface area contributed by atoms with E-state index in [9.17, 15) is 9.59 Å². The van der Waals surface area contributed by atoms with Crippen LogP contribution in [0.3, 0.4) is 0 Å². The fraction of sp³-hybridized carbons (Fsp3) is 0.364. The van der Waals surface area contributed by atoms with Crippen molar-refractivity contribution in [3.05, 3.63) is 32.3 Å². The van der Waals surface area contributed by atoms with Gasteiger partial charge in [0.1, 0.15) is 5.76 Å². The van der Waals surface area contributed by atoms with E-state index in [-0.39, 0.29) is 5.56 Å². The Balaban J connectivity index is 2.76. The summed E-state index contributed by atoms with van der Waals surface area (Å²) in [5, 5.41) is 0. The third-order valence-electron chi connectivity index (χ3n) is 3.32.